The van der Waals surface area contributed by atoms with E-state index in [4.69, 9.17) is 11.6 Å². The summed E-state index contributed by atoms with van der Waals surface area (Å²) < 4.78 is 69.8. The first-order chi connectivity index (χ1) is 17.3. The SMILES string of the molecule is N#CC1(NC(=O)[C@@H]2C[C@@H](S(=O)(=O)c3ccc(-n4cccn4)cc3Cl)CN2C(=O)C2(C(F)(F)F)CC2)CC1. The second-order valence-corrected chi connectivity index (χ2v) is 12.3. The van der Waals surface area contributed by atoms with E-state index >= 15 is 0 Å². The molecule has 14 heteroatoms. The van der Waals surface area contributed by atoms with Crippen molar-refractivity contribution in [1.29, 1.82) is 5.26 Å². The van der Waals surface area contributed by atoms with E-state index in [1.807, 2.05) is 6.07 Å². The lowest BCUT2D eigenvalue weighted by molar-refractivity contribution is -0.199. The molecule has 0 unspecified atom stereocenters. The molecule has 1 aromatic heterocycles. The highest BCUT2D eigenvalue weighted by molar-refractivity contribution is 7.92. The highest BCUT2D eigenvalue weighted by Crippen LogP contribution is 2.59. The van der Waals surface area contributed by atoms with Crippen molar-refractivity contribution in [2.24, 2.45) is 5.41 Å². The van der Waals surface area contributed by atoms with E-state index in [-0.39, 0.29) is 9.92 Å². The number of halogens is 4. The van der Waals surface area contributed by atoms with Gasteiger partial charge in [0.1, 0.15) is 17.0 Å². The third-order valence-electron chi connectivity index (χ3n) is 7.28. The van der Waals surface area contributed by atoms with Gasteiger partial charge in [-0.15, -0.1) is 0 Å². The van der Waals surface area contributed by atoms with Gasteiger partial charge in [0.15, 0.2) is 9.84 Å². The fourth-order valence-corrected chi connectivity index (χ4v) is 6.92. The summed E-state index contributed by atoms with van der Waals surface area (Å²) in [6.07, 6.45) is -2.23. The average molecular weight is 556 g/mol. The van der Waals surface area contributed by atoms with Gasteiger partial charge < -0.3 is 10.2 Å². The number of likely N-dealkylation sites (tertiary alicyclic amines) is 1. The van der Waals surface area contributed by atoms with Crippen molar-refractivity contribution >= 4 is 33.3 Å². The van der Waals surface area contributed by atoms with Crippen LogP contribution in [0.2, 0.25) is 5.02 Å². The minimum Gasteiger partial charge on any atom is -0.336 e. The zero-order valence-electron chi connectivity index (χ0n) is 19.2. The zero-order chi connectivity index (χ0) is 26.8. The summed E-state index contributed by atoms with van der Waals surface area (Å²) in [7, 11) is -4.26. The van der Waals surface area contributed by atoms with E-state index in [0.717, 1.165) is 4.90 Å². The number of nitriles is 1. The number of carbonyl (C=O) groups is 2. The molecule has 1 N–H and O–H groups in total. The van der Waals surface area contributed by atoms with Crippen molar-refractivity contribution in [3.63, 3.8) is 0 Å². The maximum absolute atomic E-state index is 13.7. The predicted molar refractivity (Wildman–Crippen MR) is 123 cm³/mol. The largest absolute Gasteiger partial charge is 0.403 e. The number of hydrogen-bond donors (Lipinski definition) is 1. The number of aromatic nitrogens is 2. The van der Waals surface area contributed by atoms with E-state index in [2.05, 4.69) is 10.4 Å². The van der Waals surface area contributed by atoms with Crippen LogP contribution in [0.3, 0.4) is 0 Å². The van der Waals surface area contributed by atoms with Gasteiger partial charge in [0.25, 0.3) is 0 Å². The molecule has 0 bridgehead atoms. The number of carbonyl (C=O) groups excluding carboxylic acids is 2. The van der Waals surface area contributed by atoms with Crippen LogP contribution in [-0.2, 0) is 19.4 Å². The molecule has 3 aliphatic rings. The number of amides is 2. The van der Waals surface area contributed by atoms with Crippen LogP contribution in [0, 0.1) is 16.7 Å². The van der Waals surface area contributed by atoms with E-state index in [1.165, 1.54) is 29.1 Å². The second-order valence-electron chi connectivity index (χ2n) is 9.70. The molecular formula is C23H21ClF3N5O4S. The molecule has 9 nitrogen and oxygen atoms in total. The zero-order valence-corrected chi connectivity index (χ0v) is 20.8. The summed E-state index contributed by atoms with van der Waals surface area (Å²) in [5.74, 6) is -2.16. The quantitative estimate of drug-likeness (QED) is 0.584. The van der Waals surface area contributed by atoms with Gasteiger partial charge in [-0.2, -0.15) is 23.5 Å². The third kappa shape index (κ3) is 4.25. The summed E-state index contributed by atoms with van der Waals surface area (Å²) in [4.78, 5) is 26.6. The Hall–Kier alpha value is -3.11. The van der Waals surface area contributed by atoms with Crippen LogP contribution in [0.15, 0.2) is 41.6 Å². The molecule has 2 aromatic rings. The fraction of sp³-hybridized carbons (Fsp3) is 0.478. The first kappa shape index (κ1) is 25.5. The van der Waals surface area contributed by atoms with Gasteiger partial charge in [0.05, 0.1) is 26.9 Å². The Labute approximate surface area is 215 Å². The number of nitrogens with zero attached hydrogens (tertiary/aromatic N) is 4. The van der Waals surface area contributed by atoms with Crippen LogP contribution in [0.5, 0.6) is 0 Å². The summed E-state index contributed by atoms with van der Waals surface area (Å²) >= 11 is 6.30. The Bertz CT molecular complexity index is 1410. The Morgan fingerprint density at radius 1 is 1.22 bits per heavy atom. The topological polar surface area (TPSA) is 125 Å². The molecule has 1 saturated heterocycles. The van der Waals surface area contributed by atoms with Crippen LogP contribution in [-0.4, -0.2) is 64.5 Å². The molecule has 2 atom stereocenters. The molecule has 3 fully saturated rings. The van der Waals surface area contributed by atoms with Gasteiger partial charge in [-0.3, -0.25) is 9.59 Å². The van der Waals surface area contributed by atoms with Gasteiger partial charge in [-0.25, -0.2) is 13.1 Å². The number of nitrogens with one attached hydrogen (secondary N) is 1. The smallest absolute Gasteiger partial charge is 0.336 e. The number of benzene rings is 1. The van der Waals surface area contributed by atoms with Crippen molar-refractivity contribution < 1.29 is 31.2 Å². The van der Waals surface area contributed by atoms with Crippen molar-refractivity contribution in [1.82, 2.24) is 20.0 Å². The van der Waals surface area contributed by atoms with Gasteiger partial charge in [0, 0.05) is 18.9 Å². The monoisotopic (exact) mass is 555 g/mol. The van der Waals surface area contributed by atoms with Crippen LogP contribution < -0.4 is 5.32 Å². The van der Waals surface area contributed by atoms with Crippen molar-refractivity contribution in [3.8, 4) is 11.8 Å². The lowest BCUT2D eigenvalue weighted by Crippen LogP contribution is -2.53. The fourth-order valence-electron chi connectivity index (χ4n) is 4.69. The summed E-state index contributed by atoms with van der Waals surface area (Å²) in [6.45, 7) is -0.603. The molecule has 37 heavy (non-hydrogen) atoms. The first-order valence-electron chi connectivity index (χ1n) is 11.5. The van der Waals surface area contributed by atoms with Crippen molar-refractivity contribution in [3.05, 3.63) is 41.7 Å². The standard InChI is InChI=1S/C23H21ClF3N5O4S/c24-16-10-14(32-9-1-8-29-32)2-3-18(16)37(35,36)15-11-17(19(33)30-21(13-28)4-5-21)31(12-15)20(34)22(6-7-22)23(25,26)27/h1-3,8-10,15,17H,4-7,11-12H2,(H,30,33)/t15-,17+/m1/s1. The lowest BCUT2D eigenvalue weighted by atomic mass is 10.0. The van der Waals surface area contributed by atoms with E-state index in [1.54, 1.807) is 12.3 Å². The van der Waals surface area contributed by atoms with Crippen LogP contribution in [0.4, 0.5) is 13.2 Å². The molecule has 2 aliphatic carbocycles. The Kier molecular flexibility index (Phi) is 5.84. The summed E-state index contributed by atoms with van der Waals surface area (Å²) in [5.41, 5.74) is -3.28. The highest BCUT2D eigenvalue weighted by Gasteiger charge is 2.70. The minimum atomic E-state index is -4.84. The Morgan fingerprint density at radius 3 is 2.43 bits per heavy atom. The third-order valence-corrected chi connectivity index (χ3v) is 9.90. The number of hydrogen-bond acceptors (Lipinski definition) is 6. The van der Waals surface area contributed by atoms with E-state index in [0.29, 0.717) is 18.5 Å². The number of sulfone groups is 1. The number of rotatable bonds is 6. The van der Waals surface area contributed by atoms with Gasteiger partial charge in [-0.1, -0.05) is 11.6 Å². The maximum Gasteiger partial charge on any atom is 0.403 e. The minimum absolute atomic E-state index is 0.130. The lowest BCUT2D eigenvalue weighted by Gasteiger charge is -2.29. The molecule has 2 heterocycles. The normalized spacial score (nSPS) is 23.8. The van der Waals surface area contributed by atoms with Crippen LogP contribution >= 0.6 is 11.6 Å². The molecule has 5 rings (SSSR count). The second kappa shape index (κ2) is 8.46. The van der Waals surface area contributed by atoms with Crippen LogP contribution in [0.1, 0.15) is 32.1 Å². The van der Waals surface area contributed by atoms with E-state index < -0.39 is 75.9 Å². The molecule has 2 saturated carbocycles. The molecule has 2 amide bonds. The number of alkyl halides is 3. The summed E-state index contributed by atoms with van der Waals surface area (Å²) in [5, 5.41) is 14.4. The van der Waals surface area contributed by atoms with Crippen molar-refractivity contribution in [2.45, 2.75) is 60.0 Å². The Balaban J connectivity index is 1.46. The Morgan fingerprint density at radius 2 is 1.92 bits per heavy atom. The van der Waals surface area contributed by atoms with Crippen molar-refractivity contribution in [2.75, 3.05) is 6.54 Å². The van der Waals surface area contributed by atoms with Gasteiger partial charge >= 0.3 is 6.18 Å². The molecule has 1 aliphatic heterocycles. The van der Waals surface area contributed by atoms with Gasteiger partial charge in [-0.05, 0) is 56.4 Å². The molecule has 196 valence electrons. The molecule has 0 spiro atoms. The predicted octanol–water partition coefficient (Wildman–Crippen LogP) is 2.78. The van der Waals surface area contributed by atoms with Crippen LogP contribution in [0.25, 0.3) is 5.69 Å². The van der Waals surface area contributed by atoms with Gasteiger partial charge in [0.2, 0.25) is 11.8 Å². The molecule has 1 aromatic carbocycles. The molecular weight excluding hydrogens is 535 g/mol. The van der Waals surface area contributed by atoms with E-state index in [9.17, 15) is 36.4 Å². The maximum atomic E-state index is 13.7. The highest BCUT2D eigenvalue weighted by atomic mass is 35.5. The average Bonchev–Trinajstić information content (AvgIpc) is 3.69. The summed E-state index contributed by atoms with van der Waals surface area (Å²) in [6, 6.07) is 6.27. The first-order valence-corrected chi connectivity index (χ1v) is 13.4. The molecule has 0 radical (unpaired) electrons.